The third-order valence-corrected chi connectivity index (χ3v) is 3.38. The summed E-state index contributed by atoms with van der Waals surface area (Å²) in [7, 11) is 0. The Labute approximate surface area is 90.5 Å². The molecular weight excluding hydrogens is 216 g/mol. The van der Waals surface area contributed by atoms with Gasteiger partial charge in [0.25, 0.3) is 0 Å². The van der Waals surface area contributed by atoms with Crippen molar-refractivity contribution in [1.29, 1.82) is 0 Å². The largest absolute Gasteiger partial charge is 0.351 e. The summed E-state index contributed by atoms with van der Waals surface area (Å²) in [4.78, 5) is -1.10. The van der Waals surface area contributed by atoms with E-state index < -0.39 is 16.0 Å². The van der Waals surface area contributed by atoms with Gasteiger partial charge < -0.3 is 14.0 Å². The molecule has 0 spiro atoms. The lowest BCUT2D eigenvalue weighted by atomic mass is 10.1. The molecule has 0 bridgehead atoms. The Morgan fingerprint density at radius 1 is 1.40 bits per heavy atom. The molecule has 1 fully saturated rings. The smallest absolute Gasteiger partial charge is 0.198 e. The van der Waals surface area contributed by atoms with Crippen LogP contribution in [0.25, 0.3) is 0 Å². The first kappa shape index (κ1) is 10.8. The van der Waals surface area contributed by atoms with Crippen LogP contribution in [0, 0.1) is 0 Å². The predicted molar refractivity (Wildman–Crippen MR) is 55.6 cm³/mol. The molecule has 0 aromatic heterocycles. The van der Waals surface area contributed by atoms with Crippen molar-refractivity contribution in [3.05, 3.63) is 35.9 Å². The van der Waals surface area contributed by atoms with Crippen LogP contribution < -0.4 is 0 Å². The van der Waals surface area contributed by atoms with E-state index in [1.54, 1.807) is 0 Å². The molecule has 0 amide bonds. The van der Waals surface area contributed by atoms with Gasteiger partial charge in [0, 0.05) is 6.42 Å². The van der Waals surface area contributed by atoms with E-state index in [-0.39, 0.29) is 13.4 Å². The topological polar surface area (TPSA) is 55.8 Å². The summed E-state index contributed by atoms with van der Waals surface area (Å²) in [6.07, 6.45) is 0.386. The van der Waals surface area contributed by atoms with Gasteiger partial charge in [-0.2, -0.15) is 0 Å². The molecule has 4 nitrogen and oxygen atoms in total. The lowest BCUT2D eigenvalue weighted by Crippen LogP contribution is -2.39. The number of hydrogen-bond acceptors (Lipinski definition) is 3. The molecule has 2 unspecified atom stereocenters. The Bertz CT molecular complexity index is 346. The number of hydrogen-bond donors (Lipinski definition) is 1. The van der Waals surface area contributed by atoms with Gasteiger partial charge in [0.05, 0.1) is 6.61 Å². The zero-order valence-corrected chi connectivity index (χ0v) is 8.90. The maximum absolute atomic E-state index is 11.2. The third kappa shape index (κ3) is 2.26. The van der Waals surface area contributed by atoms with Crippen LogP contribution in [0.15, 0.2) is 30.3 Å². The monoisotopic (exact) mass is 228 g/mol. The maximum atomic E-state index is 11.2. The summed E-state index contributed by atoms with van der Waals surface area (Å²) in [5, 5.41) is 0. The van der Waals surface area contributed by atoms with Gasteiger partial charge in [0.2, 0.25) is 0 Å². The van der Waals surface area contributed by atoms with Crippen molar-refractivity contribution in [1.82, 2.24) is 0 Å². The van der Waals surface area contributed by atoms with Crippen LogP contribution in [-0.4, -0.2) is 27.1 Å². The molecule has 1 aromatic rings. The number of rotatable bonds is 3. The molecule has 1 aliphatic rings. The lowest BCUT2D eigenvalue weighted by molar-refractivity contribution is 0.0309. The van der Waals surface area contributed by atoms with Gasteiger partial charge in [-0.1, -0.05) is 30.3 Å². The van der Waals surface area contributed by atoms with E-state index in [1.807, 2.05) is 30.3 Å². The first-order valence-corrected chi connectivity index (χ1v) is 5.70. The van der Waals surface area contributed by atoms with Gasteiger partial charge in [-0.15, -0.1) is 0 Å². The first-order chi connectivity index (χ1) is 7.23. The summed E-state index contributed by atoms with van der Waals surface area (Å²) >= 11 is -2.05. The Kier molecular flexibility index (Phi) is 3.16. The summed E-state index contributed by atoms with van der Waals surface area (Å²) < 4.78 is 30.7. The third-order valence-electron chi connectivity index (χ3n) is 2.36. The Hall–Kier alpha value is -0.750. The van der Waals surface area contributed by atoms with E-state index in [0.717, 1.165) is 5.56 Å². The summed E-state index contributed by atoms with van der Waals surface area (Å²) in [5.41, 5.74) is 0.963. The van der Waals surface area contributed by atoms with Crippen molar-refractivity contribution in [2.75, 3.05) is 13.4 Å². The van der Waals surface area contributed by atoms with Gasteiger partial charge in [-0.3, -0.25) is 0 Å². The number of benzene rings is 1. The molecular formula is C10H12O4S. The van der Waals surface area contributed by atoms with Crippen LogP contribution in [0.4, 0.5) is 0 Å². The SMILES string of the molecule is O=S(O)C1(Cc2ccccc2)COCO1. The zero-order chi connectivity index (χ0) is 10.7. The highest BCUT2D eigenvalue weighted by atomic mass is 32.2. The van der Waals surface area contributed by atoms with Crippen molar-refractivity contribution in [3.8, 4) is 0 Å². The molecule has 82 valence electrons. The van der Waals surface area contributed by atoms with Gasteiger partial charge >= 0.3 is 0 Å². The lowest BCUT2D eigenvalue weighted by Gasteiger charge is -2.21. The van der Waals surface area contributed by atoms with Gasteiger partial charge in [0.1, 0.15) is 6.79 Å². The fourth-order valence-electron chi connectivity index (χ4n) is 1.56. The molecule has 2 rings (SSSR count). The summed E-state index contributed by atoms with van der Waals surface area (Å²) in [5.74, 6) is 0. The molecule has 1 N–H and O–H groups in total. The highest BCUT2D eigenvalue weighted by Crippen LogP contribution is 2.26. The molecule has 1 aromatic carbocycles. The normalized spacial score (nSPS) is 27.8. The first-order valence-electron chi connectivity index (χ1n) is 4.59. The van der Waals surface area contributed by atoms with Crippen molar-refractivity contribution in [2.24, 2.45) is 0 Å². The standard InChI is InChI=1S/C10H12O4S/c11-15(12)10(7-13-8-14-10)6-9-4-2-1-3-5-9/h1-5H,6-8H2,(H,11,12). The fraction of sp³-hybridized carbons (Fsp3) is 0.400. The van der Waals surface area contributed by atoms with Gasteiger partial charge in [-0.25, -0.2) is 4.21 Å². The second kappa shape index (κ2) is 4.40. The molecule has 2 atom stereocenters. The van der Waals surface area contributed by atoms with E-state index in [2.05, 4.69) is 0 Å². The second-order valence-corrected chi connectivity index (χ2v) is 4.68. The van der Waals surface area contributed by atoms with Crippen molar-refractivity contribution < 1.29 is 18.2 Å². The quantitative estimate of drug-likeness (QED) is 0.788. The average molecular weight is 228 g/mol. The highest BCUT2D eigenvalue weighted by Gasteiger charge is 2.42. The van der Waals surface area contributed by atoms with Crippen molar-refractivity contribution in [3.63, 3.8) is 0 Å². The Morgan fingerprint density at radius 3 is 2.67 bits per heavy atom. The molecule has 1 heterocycles. The predicted octanol–water partition coefficient (Wildman–Crippen LogP) is 1.15. The van der Waals surface area contributed by atoms with Crippen LogP contribution in [-0.2, 0) is 27.0 Å². The molecule has 0 radical (unpaired) electrons. The minimum atomic E-state index is -2.05. The fourth-order valence-corrected chi connectivity index (χ4v) is 2.18. The van der Waals surface area contributed by atoms with Crippen molar-refractivity contribution in [2.45, 2.75) is 11.4 Å². The van der Waals surface area contributed by atoms with Gasteiger partial charge in [-0.05, 0) is 5.56 Å². The van der Waals surface area contributed by atoms with Crippen LogP contribution in [0.3, 0.4) is 0 Å². The Morgan fingerprint density at radius 2 is 2.13 bits per heavy atom. The van der Waals surface area contributed by atoms with Crippen LogP contribution in [0.5, 0.6) is 0 Å². The molecule has 1 saturated heterocycles. The van der Waals surface area contributed by atoms with E-state index in [0.29, 0.717) is 6.42 Å². The summed E-state index contributed by atoms with van der Waals surface area (Å²) in [6, 6.07) is 9.48. The van der Waals surface area contributed by atoms with E-state index in [1.165, 1.54) is 0 Å². The molecule has 0 aliphatic carbocycles. The van der Waals surface area contributed by atoms with Gasteiger partial charge in [0.15, 0.2) is 16.0 Å². The van der Waals surface area contributed by atoms with Crippen LogP contribution >= 0.6 is 0 Å². The average Bonchev–Trinajstić information content (AvgIpc) is 2.69. The molecule has 15 heavy (non-hydrogen) atoms. The number of ether oxygens (including phenoxy) is 2. The highest BCUT2D eigenvalue weighted by molar-refractivity contribution is 7.80. The van der Waals surface area contributed by atoms with E-state index >= 15 is 0 Å². The van der Waals surface area contributed by atoms with Crippen LogP contribution in [0.2, 0.25) is 0 Å². The molecule has 0 saturated carbocycles. The van der Waals surface area contributed by atoms with E-state index in [9.17, 15) is 8.76 Å². The van der Waals surface area contributed by atoms with Crippen molar-refractivity contribution >= 4 is 11.1 Å². The minimum absolute atomic E-state index is 0.0825. The Balaban J connectivity index is 2.18. The molecule has 1 aliphatic heterocycles. The summed E-state index contributed by atoms with van der Waals surface area (Å²) in [6.45, 7) is 0.240. The zero-order valence-electron chi connectivity index (χ0n) is 8.09. The minimum Gasteiger partial charge on any atom is -0.351 e. The molecule has 5 heteroatoms. The maximum Gasteiger partial charge on any atom is 0.198 e. The van der Waals surface area contributed by atoms with E-state index in [4.69, 9.17) is 9.47 Å². The van der Waals surface area contributed by atoms with Crippen LogP contribution in [0.1, 0.15) is 5.56 Å². The second-order valence-electron chi connectivity index (χ2n) is 3.43.